The first-order valence-electron chi connectivity index (χ1n) is 7.30. The maximum Gasteiger partial charge on any atom is 0.323 e. The summed E-state index contributed by atoms with van der Waals surface area (Å²) in [5.41, 5.74) is 2.29. The number of hydrogen-bond acceptors (Lipinski definition) is 3. The zero-order chi connectivity index (χ0) is 15.0. The van der Waals surface area contributed by atoms with Crippen molar-refractivity contribution in [3.8, 4) is 0 Å². The highest BCUT2D eigenvalue weighted by molar-refractivity contribution is 5.80. The van der Waals surface area contributed by atoms with Crippen LogP contribution in [0.3, 0.4) is 0 Å². The number of carbonyl (C=O) groups is 1. The molecule has 1 amide bonds. The Kier molecular flexibility index (Phi) is 3.55. The van der Waals surface area contributed by atoms with Crippen molar-refractivity contribution in [3.05, 3.63) is 34.2 Å². The van der Waals surface area contributed by atoms with E-state index in [2.05, 4.69) is 20.6 Å². The van der Waals surface area contributed by atoms with Crippen molar-refractivity contribution >= 4 is 16.9 Å². The van der Waals surface area contributed by atoms with Crippen LogP contribution >= 0.6 is 0 Å². The molecule has 4 N–H and O–H groups in total. The molecule has 21 heavy (non-hydrogen) atoms. The molecular formula is C15H20N4O2. The molecular weight excluding hydrogens is 268 g/mol. The van der Waals surface area contributed by atoms with Crippen molar-refractivity contribution in [2.75, 3.05) is 6.54 Å². The topological polar surface area (TPSA) is 89.8 Å². The molecule has 0 aliphatic carbocycles. The van der Waals surface area contributed by atoms with Gasteiger partial charge in [-0.05, 0) is 44.5 Å². The first kappa shape index (κ1) is 13.9. The lowest BCUT2D eigenvalue weighted by molar-refractivity contribution is -0.125. The summed E-state index contributed by atoms with van der Waals surface area (Å²) in [5.74, 6) is 0.117. The Morgan fingerprint density at radius 2 is 2.10 bits per heavy atom. The third-order valence-corrected chi connectivity index (χ3v) is 4.26. The molecule has 6 heteroatoms. The number of aromatic amines is 2. The summed E-state index contributed by atoms with van der Waals surface area (Å²) in [6.45, 7) is 4.89. The van der Waals surface area contributed by atoms with Gasteiger partial charge < -0.3 is 20.6 Å². The maximum absolute atomic E-state index is 12.3. The van der Waals surface area contributed by atoms with E-state index in [9.17, 15) is 9.59 Å². The Bertz CT molecular complexity index is 718. The van der Waals surface area contributed by atoms with E-state index in [4.69, 9.17) is 0 Å². The molecule has 1 fully saturated rings. The van der Waals surface area contributed by atoms with Crippen LogP contribution in [0.25, 0.3) is 11.0 Å². The van der Waals surface area contributed by atoms with Crippen LogP contribution in [0, 0.1) is 5.92 Å². The van der Waals surface area contributed by atoms with E-state index < -0.39 is 0 Å². The number of carbonyl (C=O) groups excluding carboxylic acids is 1. The molecule has 1 aliphatic rings. The Labute approximate surface area is 122 Å². The first-order chi connectivity index (χ1) is 10.0. The third-order valence-electron chi connectivity index (χ3n) is 4.26. The van der Waals surface area contributed by atoms with Crippen molar-refractivity contribution in [2.45, 2.75) is 32.4 Å². The summed E-state index contributed by atoms with van der Waals surface area (Å²) in [6, 6.07) is 5.81. The number of rotatable bonds is 3. The number of aromatic nitrogens is 2. The van der Waals surface area contributed by atoms with E-state index in [0.717, 1.165) is 29.6 Å². The van der Waals surface area contributed by atoms with Gasteiger partial charge in [-0.2, -0.15) is 0 Å². The van der Waals surface area contributed by atoms with Gasteiger partial charge in [-0.25, -0.2) is 4.79 Å². The fraction of sp³-hybridized carbons (Fsp3) is 0.467. The zero-order valence-electron chi connectivity index (χ0n) is 12.2. The fourth-order valence-corrected chi connectivity index (χ4v) is 2.94. The standard InChI is InChI=1S/C15H20N4O2/c1-8(17-14(20)11-5-6-16-9(11)2)10-3-4-12-13(7-10)19-15(21)18-12/h3-4,7-9,11,16H,5-6H2,1-2H3,(H,17,20)(H2,18,19,21). The van der Waals surface area contributed by atoms with E-state index in [1.165, 1.54) is 0 Å². The summed E-state index contributed by atoms with van der Waals surface area (Å²) >= 11 is 0. The fourth-order valence-electron chi connectivity index (χ4n) is 2.94. The molecule has 1 aromatic carbocycles. The molecule has 6 nitrogen and oxygen atoms in total. The van der Waals surface area contributed by atoms with Gasteiger partial charge >= 0.3 is 5.69 Å². The van der Waals surface area contributed by atoms with Crippen molar-refractivity contribution in [1.82, 2.24) is 20.6 Å². The van der Waals surface area contributed by atoms with Crippen molar-refractivity contribution in [1.29, 1.82) is 0 Å². The SMILES string of the molecule is CC(NC(=O)C1CCNC1C)c1ccc2[nH]c(=O)[nH]c2c1. The summed E-state index contributed by atoms with van der Waals surface area (Å²) < 4.78 is 0. The van der Waals surface area contributed by atoms with E-state index in [-0.39, 0.29) is 29.6 Å². The average molecular weight is 288 g/mol. The highest BCUT2D eigenvalue weighted by atomic mass is 16.2. The van der Waals surface area contributed by atoms with Gasteiger partial charge in [0.15, 0.2) is 0 Å². The minimum absolute atomic E-state index is 0.0308. The van der Waals surface area contributed by atoms with E-state index in [1.54, 1.807) is 0 Å². The van der Waals surface area contributed by atoms with E-state index in [1.807, 2.05) is 32.0 Å². The second-order valence-electron chi connectivity index (χ2n) is 5.75. The molecule has 0 radical (unpaired) electrons. The van der Waals surface area contributed by atoms with Crippen LogP contribution in [0.2, 0.25) is 0 Å². The van der Waals surface area contributed by atoms with Gasteiger partial charge in [0.1, 0.15) is 0 Å². The van der Waals surface area contributed by atoms with Crippen molar-refractivity contribution < 1.29 is 4.79 Å². The summed E-state index contributed by atoms with van der Waals surface area (Å²) in [7, 11) is 0. The molecule has 1 aromatic heterocycles. The molecule has 3 rings (SSSR count). The highest BCUT2D eigenvalue weighted by Crippen LogP contribution is 2.20. The summed E-state index contributed by atoms with van der Waals surface area (Å²) in [5, 5.41) is 6.34. The van der Waals surface area contributed by atoms with E-state index in [0.29, 0.717) is 0 Å². The van der Waals surface area contributed by atoms with Gasteiger partial charge in [0.25, 0.3) is 0 Å². The van der Waals surface area contributed by atoms with Gasteiger partial charge in [-0.1, -0.05) is 6.07 Å². The van der Waals surface area contributed by atoms with Crippen LogP contribution in [0.15, 0.2) is 23.0 Å². The lowest BCUT2D eigenvalue weighted by atomic mass is 10.00. The summed E-state index contributed by atoms with van der Waals surface area (Å²) in [6.07, 6.45) is 0.879. The number of hydrogen-bond donors (Lipinski definition) is 4. The predicted molar refractivity (Wildman–Crippen MR) is 81.0 cm³/mol. The van der Waals surface area contributed by atoms with Crippen LogP contribution in [0.4, 0.5) is 0 Å². The number of nitrogens with one attached hydrogen (secondary N) is 4. The van der Waals surface area contributed by atoms with Crippen LogP contribution < -0.4 is 16.3 Å². The zero-order valence-corrected chi connectivity index (χ0v) is 12.2. The third kappa shape index (κ3) is 2.71. The molecule has 0 bridgehead atoms. The highest BCUT2D eigenvalue weighted by Gasteiger charge is 2.30. The van der Waals surface area contributed by atoms with Gasteiger partial charge in [-0.3, -0.25) is 4.79 Å². The Balaban J connectivity index is 1.75. The molecule has 3 atom stereocenters. The number of amides is 1. The second kappa shape index (κ2) is 5.37. The second-order valence-corrected chi connectivity index (χ2v) is 5.75. The van der Waals surface area contributed by atoms with Crippen LogP contribution in [-0.4, -0.2) is 28.5 Å². The largest absolute Gasteiger partial charge is 0.349 e. The molecule has 112 valence electrons. The number of H-pyrrole nitrogens is 2. The average Bonchev–Trinajstić information content (AvgIpc) is 3.02. The Morgan fingerprint density at radius 3 is 2.81 bits per heavy atom. The Morgan fingerprint density at radius 1 is 1.33 bits per heavy atom. The molecule has 3 unspecified atom stereocenters. The monoisotopic (exact) mass is 288 g/mol. The van der Waals surface area contributed by atoms with E-state index >= 15 is 0 Å². The van der Waals surface area contributed by atoms with Crippen LogP contribution in [-0.2, 0) is 4.79 Å². The Hall–Kier alpha value is -2.08. The van der Waals surface area contributed by atoms with Gasteiger partial charge in [0.05, 0.1) is 23.0 Å². The smallest absolute Gasteiger partial charge is 0.323 e. The van der Waals surface area contributed by atoms with Crippen LogP contribution in [0.1, 0.15) is 31.9 Å². The lowest BCUT2D eigenvalue weighted by Crippen LogP contribution is -2.37. The quantitative estimate of drug-likeness (QED) is 0.680. The normalized spacial score (nSPS) is 23.3. The number of benzene rings is 1. The predicted octanol–water partition coefficient (Wildman–Crippen LogP) is 1.03. The van der Waals surface area contributed by atoms with Crippen molar-refractivity contribution in [3.63, 3.8) is 0 Å². The van der Waals surface area contributed by atoms with Gasteiger partial charge in [0.2, 0.25) is 5.91 Å². The first-order valence-corrected chi connectivity index (χ1v) is 7.30. The minimum Gasteiger partial charge on any atom is -0.349 e. The van der Waals surface area contributed by atoms with Crippen molar-refractivity contribution in [2.24, 2.45) is 5.92 Å². The lowest BCUT2D eigenvalue weighted by Gasteiger charge is -2.19. The number of fused-ring (bicyclic) bond motifs is 1. The van der Waals surface area contributed by atoms with Gasteiger partial charge in [-0.15, -0.1) is 0 Å². The molecule has 2 aromatic rings. The minimum atomic E-state index is -0.218. The van der Waals surface area contributed by atoms with Gasteiger partial charge in [0, 0.05) is 6.04 Å². The molecule has 0 saturated carbocycles. The van der Waals surface area contributed by atoms with Crippen LogP contribution in [0.5, 0.6) is 0 Å². The molecule has 1 aliphatic heterocycles. The molecule has 0 spiro atoms. The number of imidazole rings is 1. The summed E-state index contributed by atoms with van der Waals surface area (Å²) in [4.78, 5) is 29.0. The maximum atomic E-state index is 12.3. The molecule has 2 heterocycles. The molecule has 1 saturated heterocycles.